The zero-order chi connectivity index (χ0) is 18.6. The Hall–Kier alpha value is -2.08. The topological polar surface area (TPSA) is 58.4 Å². The minimum atomic E-state index is 0. The maximum atomic E-state index is 12.9. The van der Waals surface area contributed by atoms with Crippen LogP contribution >= 0.6 is 24.8 Å². The molecular formula is C22H27Cl2N3O2. The third-order valence-corrected chi connectivity index (χ3v) is 5.23. The molecule has 29 heavy (non-hydrogen) atoms. The van der Waals surface area contributed by atoms with Crippen molar-refractivity contribution in [3.63, 3.8) is 0 Å². The van der Waals surface area contributed by atoms with Crippen LogP contribution in [0.2, 0.25) is 0 Å². The SMILES string of the molecule is CCc1ccc(C2CNCCN2C(=O)CCc2nc3ccccc3o2)cc1.Cl.Cl. The Labute approximate surface area is 183 Å². The number of halogens is 2. The van der Waals surface area contributed by atoms with E-state index in [-0.39, 0.29) is 36.8 Å². The first kappa shape index (κ1) is 23.2. The first-order valence-electron chi connectivity index (χ1n) is 9.68. The van der Waals surface area contributed by atoms with Crippen LogP contribution in [0.3, 0.4) is 0 Å². The predicted octanol–water partition coefficient (Wildman–Crippen LogP) is 4.34. The quantitative estimate of drug-likeness (QED) is 0.647. The van der Waals surface area contributed by atoms with Gasteiger partial charge < -0.3 is 14.6 Å². The van der Waals surface area contributed by atoms with Crippen LogP contribution in [0.5, 0.6) is 0 Å². The molecule has 0 saturated carbocycles. The predicted molar refractivity (Wildman–Crippen MR) is 120 cm³/mol. The summed E-state index contributed by atoms with van der Waals surface area (Å²) < 4.78 is 5.75. The lowest BCUT2D eigenvalue weighted by molar-refractivity contribution is -0.134. The number of carbonyl (C=O) groups excluding carboxylic acids is 1. The summed E-state index contributed by atoms with van der Waals surface area (Å²) in [6, 6.07) is 16.4. The standard InChI is InChI=1S/C22H25N3O2.2ClH/c1-2-16-7-9-17(10-8-16)19-15-23-13-14-25(19)22(26)12-11-21-24-18-5-3-4-6-20(18)27-21;;/h3-10,19,23H,2,11-15H2,1H3;2*1H. The van der Waals surface area contributed by atoms with Gasteiger partial charge in [-0.3, -0.25) is 4.79 Å². The zero-order valence-electron chi connectivity index (χ0n) is 16.5. The van der Waals surface area contributed by atoms with E-state index in [0.29, 0.717) is 18.7 Å². The molecule has 0 radical (unpaired) electrons. The van der Waals surface area contributed by atoms with Gasteiger partial charge in [0.2, 0.25) is 5.91 Å². The molecule has 1 aromatic heterocycles. The number of aryl methyl sites for hydroxylation is 2. The summed E-state index contributed by atoms with van der Waals surface area (Å²) in [6.07, 6.45) is 1.96. The van der Waals surface area contributed by atoms with Crippen molar-refractivity contribution in [2.24, 2.45) is 0 Å². The lowest BCUT2D eigenvalue weighted by Crippen LogP contribution is -2.48. The number of nitrogens with zero attached hydrogens (tertiary/aromatic N) is 2. The van der Waals surface area contributed by atoms with Gasteiger partial charge in [0, 0.05) is 32.5 Å². The molecule has 1 amide bonds. The number of piperazine rings is 1. The van der Waals surface area contributed by atoms with Crippen molar-refractivity contribution in [1.82, 2.24) is 15.2 Å². The molecule has 5 nitrogen and oxygen atoms in total. The van der Waals surface area contributed by atoms with Crippen molar-refractivity contribution in [2.75, 3.05) is 19.6 Å². The van der Waals surface area contributed by atoms with E-state index in [1.54, 1.807) is 0 Å². The summed E-state index contributed by atoms with van der Waals surface area (Å²) in [5.41, 5.74) is 4.12. The first-order chi connectivity index (χ1) is 13.2. The van der Waals surface area contributed by atoms with Crippen molar-refractivity contribution in [2.45, 2.75) is 32.2 Å². The second kappa shape index (κ2) is 10.6. The maximum Gasteiger partial charge on any atom is 0.223 e. The third-order valence-electron chi connectivity index (χ3n) is 5.23. The van der Waals surface area contributed by atoms with Crippen LogP contribution in [-0.4, -0.2) is 35.4 Å². The van der Waals surface area contributed by atoms with Crippen LogP contribution in [0.25, 0.3) is 11.1 Å². The Morgan fingerprint density at radius 3 is 2.66 bits per heavy atom. The van der Waals surface area contributed by atoms with Crippen molar-refractivity contribution in [3.05, 3.63) is 65.5 Å². The number of fused-ring (bicyclic) bond motifs is 1. The fourth-order valence-corrected chi connectivity index (χ4v) is 3.66. The Balaban J connectivity index is 0.00000150. The molecule has 1 N–H and O–H groups in total. The fraction of sp³-hybridized carbons (Fsp3) is 0.364. The highest BCUT2D eigenvalue weighted by Gasteiger charge is 2.27. The zero-order valence-corrected chi connectivity index (χ0v) is 18.1. The minimum absolute atomic E-state index is 0. The summed E-state index contributed by atoms with van der Waals surface area (Å²) in [5, 5.41) is 3.41. The van der Waals surface area contributed by atoms with Gasteiger partial charge >= 0.3 is 0 Å². The number of amides is 1. The normalized spacial score (nSPS) is 16.2. The monoisotopic (exact) mass is 435 g/mol. The number of carbonyl (C=O) groups is 1. The molecule has 156 valence electrons. The van der Waals surface area contributed by atoms with Gasteiger partial charge in [0.25, 0.3) is 0 Å². The minimum Gasteiger partial charge on any atom is -0.441 e. The second-order valence-corrected chi connectivity index (χ2v) is 6.98. The van der Waals surface area contributed by atoms with E-state index in [1.165, 1.54) is 11.1 Å². The number of aromatic nitrogens is 1. The number of hydrogen-bond acceptors (Lipinski definition) is 4. The average Bonchev–Trinajstić information content (AvgIpc) is 3.15. The Kier molecular flexibility index (Phi) is 8.50. The van der Waals surface area contributed by atoms with Gasteiger partial charge in [-0.25, -0.2) is 4.98 Å². The lowest BCUT2D eigenvalue weighted by atomic mass is 10.0. The number of oxazole rings is 1. The largest absolute Gasteiger partial charge is 0.441 e. The summed E-state index contributed by atoms with van der Waals surface area (Å²) in [7, 11) is 0. The van der Waals surface area contributed by atoms with Crippen molar-refractivity contribution in [3.8, 4) is 0 Å². The number of hydrogen-bond donors (Lipinski definition) is 1. The van der Waals surface area contributed by atoms with Crippen molar-refractivity contribution in [1.29, 1.82) is 0 Å². The second-order valence-electron chi connectivity index (χ2n) is 6.98. The van der Waals surface area contributed by atoms with Gasteiger partial charge in [-0.1, -0.05) is 43.3 Å². The molecule has 4 rings (SSSR count). The molecule has 1 unspecified atom stereocenters. The molecule has 3 aromatic rings. The first-order valence-corrected chi connectivity index (χ1v) is 9.68. The fourth-order valence-electron chi connectivity index (χ4n) is 3.66. The molecule has 0 spiro atoms. The highest BCUT2D eigenvalue weighted by Crippen LogP contribution is 2.24. The van der Waals surface area contributed by atoms with Gasteiger partial charge in [-0.05, 0) is 29.7 Å². The van der Waals surface area contributed by atoms with Crippen LogP contribution in [0.4, 0.5) is 0 Å². The number of benzene rings is 2. The molecule has 1 aliphatic heterocycles. The van der Waals surface area contributed by atoms with E-state index in [2.05, 4.69) is 41.5 Å². The number of rotatable bonds is 5. The Bertz CT molecular complexity index is 894. The van der Waals surface area contributed by atoms with Gasteiger partial charge in [-0.15, -0.1) is 24.8 Å². The van der Waals surface area contributed by atoms with E-state index < -0.39 is 0 Å². The van der Waals surface area contributed by atoms with Crippen LogP contribution in [-0.2, 0) is 17.6 Å². The van der Waals surface area contributed by atoms with Crippen LogP contribution in [0, 0.1) is 0 Å². The highest BCUT2D eigenvalue weighted by molar-refractivity contribution is 5.85. The molecule has 1 aliphatic rings. The van der Waals surface area contributed by atoms with Crippen LogP contribution in [0.15, 0.2) is 52.9 Å². The smallest absolute Gasteiger partial charge is 0.223 e. The van der Waals surface area contributed by atoms with Crippen molar-refractivity contribution >= 4 is 41.8 Å². The molecule has 0 bridgehead atoms. The molecule has 1 saturated heterocycles. The number of nitrogens with one attached hydrogen (secondary N) is 1. The molecule has 2 heterocycles. The molecule has 0 aliphatic carbocycles. The molecule has 7 heteroatoms. The van der Waals surface area contributed by atoms with E-state index in [1.807, 2.05) is 29.2 Å². The van der Waals surface area contributed by atoms with Gasteiger partial charge in [-0.2, -0.15) is 0 Å². The third kappa shape index (κ3) is 5.30. The number of para-hydroxylation sites is 2. The molecule has 2 aromatic carbocycles. The summed E-state index contributed by atoms with van der Waals surface area (Å²) in [5.74, 6) is 0.784. The van der Waals surface area contributed by atoms with E-state index in [4.69, 9.17) is 4.42 Å². The van der Waals surface area contributed by atoms with Gasteiger partial charge in [0.05, 0.1) is 6.04 Å². The average molecular weight is 436 g/mol. The summed E-state index contributed by atoms with van der Waals surface area (Å²) in [6.45, 7) is 4.50. The van der Waals surface area contributed by atoms with Crippen molar-refractivity contribution < 1.29 is 9.21 Å². The summed E-state index contributed by atoms with van der Waals surface area (Å²) in [4.78, 5) is 19.4. The molecule has 1 atom stereocenters. The summed E-state index contributed by atoms with van der Waals surface area (Å²) >= 11 is 0. The maximum absolute atomic E-state index is 12.9. The van der Waals surface area contributed by atoms with Gasteiger partial charge in [0.15, 0.2) is 11.5 Å². The molecule has 1 fully saturated rings. The van der Waals surface area contributed by atoms with E-state index in [0.717, 1.165) is 37.2 Å². The van der Waals surface area contributed by atoms with Crippen LogP contribution < -0.4 is 5.32 Å². The van der Waals surface area contributed by atoms with E-state index in [9.17, 15) is 4.79 Å². The van der Waals surface area contributed by atoms with E-state index >= 15 is 0 Å². The highest BCUT2D eigenvalue weighted by atomic mass is 35.5. The molecular weight excluding hydrogens is 409 g/mol. The Morgan fingerprint density at radius 2 is 1.93 bits per heavy atom. The Morgan fingerprint density at radius 1 is 1.17 bits per heavy atom. The van der Waals surface area contributed by atoms with Crippen LogP contribution in [0.1, 0.15) is 36.4 Å². The van der Waals surface area contributed by atoms with Gasteiger partial charge in [0.1, 0.15) is 5.52 Å². The lowest BCUT2D eigenvalue weighted by Gasteiger charge is -2.36.